The summed E-state index contributed by atoms with van der Waals surface area (Å²) < 4.78 is 0. The number of aromatic amines is 1. The molecular weight excluding hydrogens is 238 g/mol. The molecule has 0 radical (unpaired) electrons. The molecule has 3 rings (SSSR count). The van der Waals surface area contributed by atoms with Crippen LogP contribution >= 0.6 is 0 Å². The van der Waals surface area contributed by atoms with Crippen LogP contribution in [0.25, 0.3) is 11.0 Å². The molecule has 1 aliphatic carbocycles. The lowest BCUT2D eigenvalue weighted by Gasteiger charge is -2.33. The van der Waals surface area contributed by atoms with Crippen LogP contribution < -0.4 is 5.32 Å². The minimum absolute atomic E-state index is 0.532. The zero-order valence-electron chi connectivity index (χ0n) is 11.6. The number of aromatic nitrogens is 3. The molecule has 0 atom stereocenters. The molecule has 2 aromatic heterocycles. The molecule has 5 heteroatoms. The molecular formula is C14H21N5. The molecule has 19 heavy (non-hydrogen) atoms. The Bertz CT molecular complexity index is 540. The number of anilines is 1. The number of nitrogens with one attached hydrogen (secondary N) is 2. The molecule has 0 bridgehead atoms. The van der Waals surface area contributed by atoms with Crippen molar-refractivity contribution in [2.24, 2.45) is 0 Å². The molecule has 1 fully saturated rings. The van der Waals surface area contributed by atoms with Crippen molar-refractivity contribution in [2.75, 3.05) is 19.4 Å². The minimum Gasteiger partial charge on any atom is -0.367 e. The van der Waals surface area contributed by atoms with E-state index in [1.54, 1.807) is 6.33 Å². The van der Waals surface area contributed by atoms with Crippen LogP contribution in [0.3, 0.4) is 0 Å². The second kappa shape index (κ2) is 5.17. The molecule has 0 unspecified atom stereocenters. The summed E-state index contributed by atoms with van der Waals surface area (Å²) in [6.45, 7) is 0. The first-order chi connectivity index (χ1) is 9.24. The van der Waals surface area contributed by atoms with Crippen LogP contribution in [0.5, 0.6) is 0 Å². The molecule has 1 saturated carbocycles. The number of rotatable bonds is 3. The zero-order valence-corrected chi connectivity index (χ0v) is 11.6. The fraction of sp³-hybridized carbons (Fsp3) is 0.571. The SMILES string of the molecule is CN(C)C1CCC(Nc2ncnc3[nH]ccc23)CC1. The summed E-state index contributed by atoms with van der Waals surface area (Å²) in [5.41, 5.74) is 0.902. The summed E-state index contributed by atoms with van der Waals surface area (Å²) in [6, 6.07) is 3.29. The van der Waals surface area contributed by atoms with Crippen LogP contribution in [0, 0.1) is 0 Å². The second-order valence-electron chi connectivity index (χ2n) is 5.58. The Morgan fingerprint density at radius 1 is 1.21 bits per heavy atom. The van der Waals surface area contributed by atoms with Crippen LogP contribution in [0.15, 0.2) is 18.6 Å². The molecule has 0 aliphatic heterocycles. The average molecular weight is 259 g/mol. The van der Waals surface area contributed by atoms with Crippen LogP contribution in [0.2, 0.25) is 0 Å². The van der Waals surface area contributed by atoms with Gasteiger partial charge in [0, 0.05) is 18.3 Å². The Labute approximate surface area is 113 Å². The molecule has 0 saturated heterocycles. The predicted octanol–water partition coefficient (Wildman–Crippen LogP) is 2.24. The molecule has 2 aromatic rings. The summed E-state index contributed by atoms with van der Waals surface area (Å²) in [6.07, 6.45) is 8.45. The highest BCUT2D eigenvalue weighted by Gasteiger charge is 2.22. The summed E-state index contributed by atoms with van der Waals surface area (Å²) in [5, 5.41) is 4.66. The van der Waals surface area contributed by atoms with Crippen molar-refractivity contribution >= 4 is 16.9 Å². The molecule has 2 heterocycles. The second-order valence-corrected chi connectivity index (χ2v) is 5.58. The van der Waals surface area contributed by atoms with Crippen molar-refractivity contribution in [3.05, 3.63) is 18.6 Å². The summed E-state index contributed by atoms with van der Waals surface area (Å²) >= 11 is 0. The zero-order chi connectivity index (χ0) is 13.2. The van der Waals surface area contributed by atoms with Gasteiger partial charge in [-0.05, 0) is 45.8 Å². The number of fused-ring (bicyclic) bond motifs is 1. The molecule has 0 amide bonds. The van der Waals surface area contributed by atoms with Crippen LogP contribution in [-0.4, -0.2) is 46.0 Å². The Kier molecular flexibility index (Phi) is 3.38. The van der Waals surface area contributed by atoms with E-state index in [4.69, 9.17) is 0 Å². The van der Waals surface area contributed by atoms with Gasteiger partial charge in [0.1, 0.15) is 17.8 Å². The maximum atomic E-state index is 4.37. The molecule has 0 aromatic carbocycles. The van der Waals surface area contributed by atoms with Crippen molar-refractivity contribution in [1.29, 1.82) is 0 Å². The van der Waals surface area contributed by atoms with Gasteiger partial charge >= 0.3 is 0 Å². The van der Waals surface area contributed by atoms with Gasteiger partial charge in [-0.15, -0.1) is 0 Å². The largest absolute Gasteiger partial charge is 0.367 e. The van der Waals surface area contributed by atoms with Crippen molar-refractivity contribution in [3.8, 4) is 0 Å². The maximum absolute atomic E-state index is 4.37. The Morgan fingerprint density at radius 2 is 2.00 bits per heavy atom. The average Bonchev–Trinajstić information content (AvgIpc) is 2.89. The summed E-state index contributed by atoms with van der Waals surface area (Å²) in [4.78, 5) is 14.1. The number of H-pyrrole nitrogens is 1. The number of nitrogens with zero attached hydrogens (tertiary/aromatic N) is 3. The lowest BCUT2D eigenvalue weighted by Crippen LogP contribution is -2.36. The van der Waals surface area contributed by atoms with Gasteiger partial charge in [-0.25, -0.2) is 9.97 Å². The van der Waals surface area contributed by atoms with E-state index in [-0.39, 0.29) is 0 Å². The fourth-order valence-electron chi connectivity index (χ4n) is 2.92. The van der Waals surface area contributed by atoms with E-state index < -0.39 is 0 Å². The third-order valence-electron chi connectivity index (χ3n) is 4.12. The molecule has 1 aliphatic rings. The first kappa shape index (κ1) is 12.4. The van der Waals surface area contributed by atoms with Gasteiger partial charge in [0.05, 0.1) is 5.39 Å². The van der Waals surface area contributed by atoms with Gasteiger partial charge in [0.2, 0.25) is 0 Å². The lowest BCUT2D eigenvalue weighted by atomic mass is 9.90. The minimum atomic E-state index is 0.532. The number of hydrogen-bond donors (Lipinski definition) is 2. The first-order valence-corrected chi connectivity index (χ1v) is 6.95. The predicted molar refractivity (Wildman–Crippen MR) is 77.2 cm³/mol. The molecule has 0 spiro atoms. The first-order valence-electron chi connectivity index (χ1n) is 6.95. The van der Waals surface area contributed by atoms with Crippen LogP contribution in [0.4, 0.5) is 5.82 Å². The lowest BCUT2D eigenvalue weighted by molar-refractivity contribution is 0.221. The highest BCUT2D eigenvalue weighted by atomic mass is 15.1. The van der Waals surface area contributed by atoms with Crippen molar-refractivity contribution in [1.82, 2.24) is 19.9 Å². The monoisotopic (exact) mass is 259 g/mol. The van der Waals surface area contributed by atoms with Gasteiger partial charge in [-0.1, -0.05) is 0 Å². The van der Waals surface area contributed by atoms with E-state index in [1.807, 2.05) is 12.3 Å². The Morgan fingerprint density at radius 3 is 2.74 bits per heavy atom. The smallest absolute Gasteiger partial charge is 0.142 e. The van der Waals surface area contributed by atoms with E-state index in [9.17, 15) is 0 Å². The van der Waals surface area contributed by atoms with Gasteiger partial charge in [0.25, 0.3) is 0 Å². The normalized spacial score (nSPS) is 23.9. The third kappa shape index (κ3) is 2.56. The summed E-state index contributed by atoms with van der Waals surface area (Å²) in [5.74, 6) is 0.958. The standard InChI is InChI=1S/C14H21N5/c1-19(2)11-5-3-10(4-6-11)18-14-12-7-8-15-13(12)16-9-17-14/h7-11H,3-6H2,1-2H3,(H2,15,16,17,18). The van der Waals surface area contributed by atoms with Gasteiger partial charge in [-0.2, -0.15) is 0 Å². The highest BCUT2D eigenvalue weighted by Crippen LogP contribution is 2.26. The van der Waals surface area contributed by atoms with Crippen LogP contribution in [0.1, 0.15) is 25.7 Å². The van der Waals surface area contributed by atoms with Crippen LogP contribution in [-0.2, 0) is 0 Å². The topological polar surface area (TPSA) is 56.8 Å². The van der Waals surface area contributed by atoms with E-state index in [0.29, 0.717) is 6.04 Å². The Hall–Kier alpha value is -1.62. The molecule has 102 valence electrons. The fourth-order valence-corrected chi connectivity index (χ4v) is 2.92. The molecule has 5 nitrogen and oxygen atoms in total. The quantitative estimate of drug-likeness (QED) is 0.887. The van der Waals surface area contributed by atoms with E-state index >= 15 is 0 Å². The van der Waals surface area contributed by atoms with E-state index in [0.717, 1.165) is 22.9 Å². The summed E-state index contributed by atoms with van der Waals surface area (Å²) in [7, 11) is 4.35. The highest BCUT2D eigenvalue weighted by molar-refractivity contribution is 5.86. The van der Waals surface area contributed by atoms with E-state index in [2.05, 4.69) is 39.3 Å². The van der Waals surface area contributed by atoms with Gasteiger partial charge in [-0.3, -0.25) is 0 Å². The van der Waals surface area contributed by atoms with Crippen molar-refractivity contribution in [3.63, 3.8) is 0 Å². The third-order valence-corrected chi connectivity index (χ3v) is 4.12. The van der Waals surface area contributed by atoms with E-state index in [1.165, 1.54) is 25.7 Å². The van der Waals surface area contributed by atoms with Gasteiger partial charge < -0.3 is 15.2 Å². The molecule has 2 N–H and O–H groups in total. The van der Waals surface area contributed by atoms with Gasteiger partial charge in [0.15, 0.2) is 0 Å². The van der Waals surface area contributed by atoms with Crippen molar-refractivity contribution in [2.45, 2.75) is 37.8 Å². The Balaban J connectivity index is 1.68. The maximum Gasteiger partial charge on any atom is 0.142 e. The van der Waals surface area contributed by atoms with Crippen molar-refractivity contribution < 1.29 is 0 Å². The number of hydrogen-bond acceptors (Lipinski definition) is 4.